The zero-order valence-corrected chi connectivity index (χ0v) is 19.2. The van der Waals surface area contributed by atoms with Crippen molar-refractivity contribution in [2.45, 2.75) is 18.2 Å². The molecule has 1 amide bonds. The standard InChI is InChI=1S/C25H24N2O5S/c1-18-10-12-21(13-11-18)26(2)33(30,31)22-8-5-7-20(16-22)25(29)32-17-24(28)27-15-14-19-6-3-4-9-23(19)27/h3-13,16H,14-15,17H2,1-2H3. The largest absolute Gasteiger partial charge is 0.452 e. The highest BCUT2D eigenvalue weighted by atomic mass is 32.2. The second kappa shape index (κ2) is 9.07. The quantitative estimate of drug-likeness (QED) is 0.521. The monoisotopic (exact) mass is 464 g/mol. The molecular formula is C25H24N2O5S. The molecule has 1 aliphatic rings. The molecule has 0 atom stereocenters. The third kappa shape index (κ3) is 4.61. The number of aryl methyl sites for hydroxylation is 1. The van der Waals surface area contributed by atoms with Crippen molar-refractivity contribution in [2.24, 2.45) is 0 Å². The van der Waals surface area contributed by atoms with E-state index in [9.17, 15) is 18.0 Å². The first-order valence-corrected chi connectivity index (χ1v) is 11.9. The fourth-order valence-corrected chi connectivity index (χ4v) is 4.96. The number of carbonyl (C=O) groups excluding carboxylic acids is 2. The molecule has 0 radical (unpaired) electrons. The number of sulfonamides is 1. The van der Waals surface area contributed by atoms with Crippen LogP contribution in [0.2, 0.25) is 0 Å². The van der Waals surface area contributed by atoms with Gasteiger partial charge < -0.3 is 9.64 Å². The number of fused-ring (bicyclic) bond motifs is 1. The first kappa shape index (κ1) is 22.5. The summed E-state index contributed by atoms with van der Waals surface area (Å²) in [4.78, 5) is 26.7. The van der Waals surface area contributed by atoms with Gasteiger partial charge in [0.15, 0.2) is 6.61 Å². The summed E-state index contributed by atoms with van der Waals surface area (Å²) in [6.45, 7) is 2.03. The molecule has 0 aromatic heterocycles. The van der Waals surface area contributed by atoms with Gasteiger partial charge in [-0.3, -0.25) is 9.10 Å². The van der Waals surface area contributed by atoms with Crippen LogP contribution in [0.25, 0.3) is 0 Å². The van der Waals surface area contributed by atoms with Crippen LogP contribution in [0.1, 0.15) is 21.5 Å². The molecular weight excluding hydrogens is 440 g/mol. The highest BCUT2D eigenvalue weighted by Crippen LogP contribution is 2.27. The van der Waals surface area contributed by atoms with Gasteiger partial charge in [-0.25, -0.2) is 13.2 Å². The third-order valence-corrected chi connectivity index (χ3v) is 7.42. The Labute approximate surface area is 193 Å². The van der Waals surface area contributed by atoms with E-state index in [0.717, 1.165) is 27.5 Å². The highest BCUT2D eigenvalue weighted by molar-refractivity contribution is 7.92. The van der Waals surface area contributed by atoms with Crippen LogP contribution >= 0.6 is 0 Å². The summed E-state index contributed by atoms with van der Waals surface area (Å²) in [7, 11) is -2.43. The first-order valence-electron chi connectivity index (χ1n) is 10.5. The van der Waals surface area contributed by atoms with E-state index in [-0.39, 0.29) is 16.4 Å². The fraction of sp³-hybridized carbons (Fsp3) is 0.200. The molecule has 3 aromatic rings. The Bertz CT molecular complexity index is 1300. The van der Waals surface area contributed by atoms with E-state index in [1.165, 1.54) is 31.3 Å². The number of benzene rings is 3. The van der Waals surface area contributed by atoms with Crippen molar-refractivity contribution in [2.75, 3.05) is 29.4 Å². The van der Waals surface area contributed by atoms with Gasteiger partial charge in [0.2, 0.25) is 0 Å². The number of esters is 1. The number of para-hydroxylation sites is 1. The fourth-order valence-electron chi connectivity index (χ4n) is 3.72. The van der Waals surface area contributed by atoms with E-state index in [1.54, 1.807) is 17.0 Å². The van der Waals surface area contributed by atoms with Crippen molar-refractivity contribution in [3.05, 3.63) is 89.5 Å². The van der Waals surface area contributed by atoms with Crippen molar-refractivity contribution >= 4 is 33.3 Å². The summed E-state index contributed by atoms with van der Waals surface area (Å²) in [5.74, 6) is -1.08. The van der Waals surface area contributed by atoms with E-state index >= 15 is 0 Å². The molecule has 0 saturated carbocycles. The summed E-state index contributed by atoms with van der Waals surface area (Å²) < 4.78 is 32.5. The normalized spacial score (nSPS) is 12.8. The Morgan fingerprint density at radius 2 is 1.73 bits per heavy atom. The van der Waals surface area contributed by atoms with Gasteiger partial charge in [0, 0.05) is 19.3 Å². The molecule has 8 heteroatoms. The molecule has 0 spiro atoms. The predicted octanol–water partition coefficient (Wildman–Crippen LogP) is 3.57. The topological polar surface area (TPSA) is 84.0 Å². The van der Waals surface area contributed by atoms with Gasteiger partial charge in [0.05, 0.1) is 16.1 Å². The summed E-state index contributed by atoms with van der Waals surface area (Å²) in [5.41, 5.74) is 3.48. The lowest BCUT2D eigenvalue weighted by atomic mass is 10.2. The minimum absolute atomic E-state index is 0.0418. The summed E-state index contributed by atoms with van der Waals surface area (Å²) in [5, 5.41) is 0. The van der Waals surface area contributed by atoms with E-state index in [4.69, 9.17) is 4.74 Å². The van der Waals surface area contributed by atoms with E-state index < -0.39 is 22.6 Å². The Hall–Kier alpha value is -3.65. The lowest BCUT2D eigenvalue weighted by Gasteiger charge is -2.20. The summed E-state index contributed by atoms with van der Waals surface area (Å²) in [6, 6.07) is 20.3. The number of hydrogen-bond donors (Lipinski definition) is 0. The number of rotatable bonds is 6. The molecule has 0 saturated heterocycles. The molecule has 0 bridgehead atoms. The van der Waals surface area contributed by atoms with Gasteiger partial charge in [-0.05, 0) is 55.3 Å². The van der Waals surface area contributed by atoms with Crippen molar-refractivity contribution in [3.63, 3.8) is 0 Å². The van der Waals surface area contributed by atoms with Gasteiger partial charge in [-0.15, -0.1) is 0 Å². The molecule has 0 fully saturated rings. The molecule has 1 aliphatic heterocycles. The zero-order valence-electron chi connectivity index (χ0n) is 18.4. The van der Waals surface area contributed by atoms with Crippen molar-refractivity contribution in [1.82, 2.24) is 0 Å². The Balaban J connectivity index is 1.45. The maximum Gasteiger partial charge on any atom is 0.338 e. The van der Waals surface area contributed by atoms with E-state index in [1.807, 2.05) is 43.3 Å². The predicted molar refractivity (Wildman–Crippen MR) is 126 cm³/mol. The number of anilines is 2. The number of amides is 1. The highest BCUT2D eigenvalue weighted by Gasteiger charge is 2.26. The second-order valence-electron chi connectivity index (χ2n) is 7.84. The van der Waals surface area contributed by atoms with Crippen LogP contribution in [0, 0.1) is 6.92 Å². The van der Waals surface area contributed by atoms with Gasteiger partial charge in [0.1, 0.15) is 0 Å². The maximum absolute atomic E-state index is 13.1. The minimum atomic E-state index is -3.89. The number of carbonyl (C=O) groups is 2. The molecule has 7 nitrogen and oxygen atoms in total. The van der Waals surface area contributed by atoms with Crippen LogP contribution in [0.3, 0.4) is 0 Å². The van der Waals surface area contributed by atoms with Crippen molar-refractivity contribution in [3.8, 4) is 0 Å². The van der Waals surface area contributed by atoms with Crippen LogP contribution in [-0.2, 0) is 26.0 Å². The van der Waals surface area contributed by atoms with Crippen molar-refractivity contribution in [1.29, 1.82) is 0 Å². The number of hydrogen-bond acceptors (Lipinski definition) is 5. The van der Waals surface area contributed by atoms with Crippen LogP contribution < -0.4 is 9.21 Å². The molecule has 170 valence electrons. The SMILES string of the molecule is Cc1ccc(N(C)S(=O)(=O)c2cccc(C(=O)OCC(=O)N3CCc4ccccc43)c2)cc1. The zero-order chi connectivity index (χ0) is 23.6. The molecule has 0 aliphatic carbocycles. The lowest BCUT2D eigenvalue weighted by molar-refractivity contribution is -0.121. The van der Waals surface area contributed by atoms with Gasteiger partial charge in [-0.1, -0.05) is 42.0 Å². The van der Waals surface area contributed by atoms with Crippen molar-refractivity contribution < 1.29 is 22.7 Å². The van der Waals surface area contributed by atoms with Gasteiger partial charge in [0.25, 0.3) is 15.9 Å². The maximum atomic E-state index is 13.1. The van der Waals surface area contributed by atoms with Gasteiger partial charge >= 0.3 is 5.97 Å². The van der Waals surface area contributed by atoms with Crippen LogP contribution in [-0.4, -0.2) is 40.5 Å². The molecule has 33 heavy (non-hydrogen) atoms. The summed E-state index contributed by atoms with van der Waals surface area (Å²) >= 11 is 0. The lowest BCUT2D eigenvalue weighted by Crippen LogP contribution is -2.33. The number of nitrogens with zero attached hydrogens (tertiary/aromatic N) is 2. The molecule has 4 rings (SSSR count). The van der Waals surface area contributed by atoms with E-state index in [0.29, 0.717) is 12.2 Å². The number of ether oxygens (including phenoxy) is 1. The average molecular weight is 465 g/mol. The molecule has 0 unspecified atom stereocenters. The Morgan fingerprint density at radius 3 is 2.48 bits per heavy atom. The molecule has 0 N–H and O–H groups in total. The van der Waals surface area contributed by atoms with Crippen LogP contribution in [0.5, 0.6) is 0 Å². The second-order valence-corrected chi connectivity index (χ2v) is 9.81. The minimum Gasteiger partial charge on any atom is -0.452 e. The van der Waals surface area contributed by atoms with Crippen LogP contribution in [0.4, 0.5) is 11.4 Å². The van der Waals surface area contributed by atoms with Crippen LogP contribution in [0.15, 0.2) is 77.7 Å². The third-order valence-electron chi connectivity index (χ3n) is 5.64. The average Bonchev–Trinajstić information content (AvgIpc) is 3.27. The molecule has 1 heterocycles. The Kier molecular flexibility index (Phi) is 6.20. The van der Waals surface area contributed by atoms with E-state index in [2.05, 4.69) is 0 Å². The summed E-state index contributed by atoms with van der Waals surface area (Å²) in [6.07, 6.45) is 0.754. The smallest absolute Gasteiger partial charge is 0.338 e. The first-order chi connectivity index (χ1) is 15.8. The Morgan fingerprint density at radius 1 is 1.00 bits per heavy atom. The van der Waals surface area contributed by atoms with Gasteiger partial charge in [-0.2, -0.15) is 0 Å². The molecule has 3 aromatic carbocycles.